The summed E-state index contributed by atoms with van der Waals surface area (Å²) in [6, 6.07) is 18.2. The van der Waals surface area contributed by atoms with E-state index in [0.717, 1.165) is 21.7 Å². The minimum Gasteiger partial charge on any atom is -0.382 e. The molecular weight excluding hydrogens is 304 g/mol. The van der Waals surface area contributed by atoms with Gasteiger partial charge >= 0.3 is 0 Å². The van der Waals surface area contributed by atoms with E-state index in [0.29, 0.717) is 10.9 Å². The van der Waals surface area contributed by atoms with Crippen molar-refractivity contribution in [2.24, 2.45) is 4.99 Å². The lowest BCUT2D eigenvalue weighted by Crippen LogP contribution is -2.08. The van der Waals surface area contributed by atoms with E-state index in [1.807, 2.05) is 62.8 Å². The smallest absolute Gasteiger partial charge is 0.211 e. The number of aromatic nitrogens is 1. The highest BCUT2D eigenvalue weighted by Gasteiger charge is 2.09. The van der Waals surface area contributed by atoms with Crippen molar-refractivity contribution in [3.63, 3.8) is 0 Å². The Morgan fingerprint density at radius 1 is 1.04 bits per heavy atom. The monoisotopic (exact) mass is 322 g/mol. The first kappa shape index (κ1) is 15.2. The summed E-state index contributed by atoms with van der Waals surface area (Å²) >= 11 is 1.50. The van der Waals surface area contributed by atoms with Crippen LogP contribution < -0.4 is 10.6 Å². The van der Waals surface area contributed by atoms with Crippen LogP contribution in [0, 0.1) is 0 Å². The third kappa shape index (κ3) is 3.57. The fourth-order valence-corrected chi connectivity index (χ4v) is 3.00. The van der Waals surface area contributed by atoms with E-state index in [1.165, 1.54) is 11.3 Å². The average Bonchev–Trinajstić information content (AvgIpc) is 2.95. The van der Waals surface area contributed by atoms with Crippen molar-refractivity contribution in [1.29, 1.82) is 0 Å². The molecule has 0 atom stereocenters. The van der Waals surface area contributed by atoms with Gasteiger partial charge in [-0.3, -0.25) is 0 Å². The highest BCUT2D eigenvalue weighted by atomic mass is 32.1. The van der Waals surface area contributed by atoms with E-state index in [-0.39, 0.29) is 0 Å². The zero-order valence-electron chi connectivity index (χ0n) is 13.1. The van der Waals surface area contributed by atoms with Crippen LogP contribution >= 0.6 is 11.3 Å². The van der Waals surface area contributed by atoms with E-state index in [4.69, 9.17) is 5.73 Å². The van der Waals surface area contributed by atoms with Gasteiger partial charge in [0.05, 0.1) is 4.88 Å². The third-order valence-electron chi connectivity index (χ3n) is 3.41. The number of benzene rings is 2. The molecular formula is C18H18N4S. The molecule has 0 aliphatic heterocycles. The fourth-order valence-electron chi connectivity index (χ4n) is 2.16. The van der Waals surface area contributed by atoms with Crippen LogP contribution in [0.4, 0.5) is 16.6 Å². The van der Waals surface area contributed by atoms with Crippen molar-refractivity contribution in [3.8, 4) is 10.4 Å². The number of nitrogens with zero attached hydrogens (tertiary/aromatic N) is 3. The van der Waals surface area contributed by atoms with Gasteiger partial charge in [-0.2, -0.15) is 0 Å². The van der Waals surface area contributed by atoms with Crippen LogP contribution in [0.3, 0.4) is 0 Å². The Balaban J connectivity index is 1.80. The van der Waals surface area contributed by atoms with Crippen molar-refractivity contribution in [2.75, 3.05) is 24.7 Å². The molecule has 0 fully saturated rings. The SMILES string of the molecule is CN(C)c1ccc(/C=N/c2nc(N)c(-c3ccccc3)s2)cc1. The van der Waals surface area contributed by atoms with Crippen molar-refractivity contribution in [1.82, 2.24) is 4.98 Å². The molecule has 2 aromatic carbocycles. The molecule has 3 rings (SSSR count). The van der Waals surface area contributed by atoms with Crippen LogP contribution in [0.15, 0.2) is 59.6 Å². The number of rotatable bonds is 4. The largest absolute Gasteiger partial charge is 0.382 e. The summed E-state index contributed by atoms with van der Waals surface area (Å²) in [5.74, 6) is 0.524. The molecule has 5 heteroatoms. The van der Waals surface area contributed by atoms with Crippen LogP contribution in [0.1, 0.15) is 5.56 Å². The number of hydrogen-bond acceptors (Lipinski definition) is 5. The normalized spacial score (nSPS) is 11.0. The first-order chi connectivity index (χ1) is 11.1. The highest BCUT2D eigenvalue weighted by Crippen LogP contribution is 2.35. The van der Waals surface area contributed by atoms with Gasteiger partial charge in [0.15, 0.2) is 0 Å². The van der Waals surface area contributed by atoms with Crippen molar-refractivity contribution in [2.45, 2.75) is 0 Å². The van der Waals surface area contributed by atoms with Crippen LogP contribution in [0.5, 0.6) is 0 Å². The number of aliphatic imine (C=N–C) groups is 1. The van der Waals surface area contributed by atoms with Gasteiger partial charge in [-0.25, -0.2) is 9.98 Å². The zero-order valence-corrected chi connectivity index (χ0v) is 13.9. The molecule has 0 saturated heterocycles. The van der Waals surface area contributed by atoms with Gasteiger partial charge in [0.25, 0.3) is 0 Å². The Morgan fingerprint density at radius 2 is 1.74 bits per heavy atom. The summed E-state index contributed by atoms with van der Waals surface area (Å²) in [5.41, 5.74) is 9.28. The van der Waals surface area contributed by atoms with Gasteiger partial charge in [0.1, 0.15) is 5.82 Å². The lowest BCUT2D eigenvalue weighted by atomic mass is 10.2. The predicted molar refractivity (Wildman–Crippen MR) is 100.0 cm³/mol. The van der Waals surface area contributed by atoms with Crippen LogP contribution in [-0.4, -0.2) is 25.3 Å². The molecule has 2 N–H and O–H groups in total. The zero-order chi connectivity index (χ0) is 16.2. The molecule has 0 amide bonds. The summed E-state index contributed by atoms with van der Waals surface area (Å²) in [4.78, 5) is 11.8. The maximum Gasteiger partial charge on any atom is 0.211 e. The molecule has 3 aromatic rings. The highest BCUT2D eigenvalue weighted by molar-refractivity contribution is 7.19. The summed E-state index contributed by atoms with van der Waals surface area (Å²) in [6.45, 7) is 0. The van der Waals surface area contributed by atoms with Crippen LogP contribution in [0.25, 0.3) is 10.4 Å². The fraction of sp³-hybridized carbons (Fsp3) is 0.111. The maximum absolute atomic E-state index is 6.02. The third-order valence-corrected chi connectivity index (χ3v) is 4.44. The van der Waals surface area contributed by atoms with Crippen molar-refractivity contribution in [3.05, 3.63) is 60.2 Å². The van der Waals surface area contributed by atoms with Crippen molar-refractivity contribution >= 4 is 34.2 Å². The number of anilines is 2. The van der Waals surface area contributed by atoms with Gasteiger partial charge < -0.3 is 10.6 Å². The second-order valence-electron chi connectivity index (χ2n) is 5.32. The standard InChI is InChI=1S/C18H18N4S/c1-22(2)15-10-8-13(9-11-15)12-20-18-21-17(19)16(23-18)14-6-4-3-5-7-14/h3-12H,19H2,1-2H3/b20-12+. The Kier molecular flexibility index (Phi) is 4.39. The van der Waals surface area contributed by atoms with E-state index in [9.17, 15) is 0 Å². The molecule has 0 radical (unpaired) electrons. The quantitative estimate of drug-likeness (QED) is 0.732. The minimum atomic E-state index is 0.524. The topological polar surface area (TPSA) is 54.5 Å². The average molecular weight is 322 g/mol. The van der Waals surface area contributed by atoms with E-state index in [1.54, 1.807) is 0 Å². The second kappa shape index (κ2) is 6.62. The first-order valence-corrected chi connectivity index (χ1v) is 8.08. The molecule has 0 bridgehead atoms. The molecule has 0 unspecified atom stereocenters. The summed E-state index contributed by atoms with van der Waals surface area (Å²) in [7, 11) is 4.04. The van der Waals surface area contributed by atoms with Gasteiger partial charge in [-0.15, -0.1) is 0 Å². The molecule has 116 valence electrons. The predicted octanol–water partition coefficient (Wildman–Crippen LogP) is 4.21. The molecule has 0 aliphatic rings. The van der Waals surface area contributed by atoms with Crippen LogP contribution in [0.2, 0.25) is 0 Å². The Labute approximate surface area is 139 Å². The molecule has 1 heterocycles. The van der Waals surface area contributed by atoms with Crippen molar-refractivity contribution < 1.29 is 0 Å². The molecule has 1 aromatic heterocycles. The first-order valence-electron chi connectivity index (χ1n) is 7.26. The van der Waals surface area contributed by atoms with E-state index in [2.05, 4.69) is 27.0 Å². The molecule has 23 heavy (non-hydrogen) atoms. The Bertz CT molecular complexity index is 805. The molecule has 0 aliphatic carbocycles. The van der Waals surface area contributed by atoms with E-state index >= 15 is 0 Å². The lowest BCUT2D eigenvalue weighted by Gasteiger charge is -2.11. The molecule has 0 saturated carbocycles. The van der Waals surface area contributed by atoms with Gasteiger partial charge in [0, 0.05) is 26.0 Å². The van der Waals surface area contributed by atoms with E-state index < -0.39 is 0 Å². The minimum absolute atomic E-state index is 0.524. The molecule has 0 spiro atoms. The number of nitrogens with two attached hydrogens (primary N) is 1. The maximum atomic E-state index is 6.02. The number of hydrogen-bond donors (Lipinski definition) is 1. The van der Waals surface area contributed by atoms with Crippen LogP contribution in [-0.2, 0) is 0 Å². The Morgan fingerprint density at radius 3 is 2.39 bits per heavy atom. The van der Waals surface area contributed by atoms with Gasteiger partial charge in [-0.05, 0) is 23.3 Å². The molecule has 4 nitrogen and oxygen atoms in total. The second-order valence-corrected chi connectivity index (χ2v) is 6.30. The van der Waals surface area contributed by atoms with Gasteiger partial charge in [0.2, 0.25) is 5.13 Å². The summed E-state index contributed by atoms with van der Waals surface area (Å²) in [5, 5.41) is 0.665. The van der Waals surface area contributed by atoms with Gasteiger partial charge in [-0.1, -0.05) is 53.8 Å². The lowest BCUT2D eigenvalue weighted by molar-refractivity contribution is 1.13. The number of thiazole rings is 1. The summed E-state index contributed by atoms with van der Waals surface area (Å²) in [6.07, 6.45) is 1.81. The summed E-state index contributed by atoms with van der Waals surface area (Å²) < 4.78 is 0. The number of nitrogen functional groups attached to an aromatic ring is 1. The Hall–Kier alpha value is -2.66.